The number of phenols is 1. The van der Waals surface area contributed by atoms with Crippen LogP contribution in [-0.2, 0) is 11.2 Å². The standard InChI is InChI=1S/C17H20O5/c1-3-4-5-6-7-11-8-12-9-13(16(19)21-2)17(20)22-15(12)10-14(11)18/h8-10,18H,3-7H2,1-2H3. The normalized spacial score (nSPS) is 10.8. The molecule has 0 fully saturated rings. The molecule has 2 rings (SSSR count). The summed E-state index contributed by atoms with van der Waals surface area (Å²) in [7, 11) is 1.21. The second-order valence-corrected chi connectivity index (χ2v) is 5.27. The molecule has 0 aliphatic heterocycles. The largest absolute Gasteiger partial charge is 0.508 e. The molecule has 1 aromatic carbocycles. The van der Waals surface area contributed by atoms with Gasteiger partial charge in [-0.15, -0.1) is 0 Å². The molecular weight excluding hydrogens is 284 g/mol. The van der Waals surface area contributed by atoms with Crippen molar-refractivity contribution >= 4 is 16.9 Å². The summed E-state index contributed by atoms with van der Waals surface area (Å²) in [6.07, 6.45) is 5.14. The highest BCUT2D eigenvalue weighted by molar-refractivity contribution is 5.93. The van der Waals surface area contributed by atoms with E-state index in [1.54, 1.807) is 6.07 Å². The number of carbonyl (C=O) groups is 1. The maximum absolute atomic E-state index is 11.7. The number of methoxy groups -OCH3 is 1. The number of unbranched alkanes of at least 4 members (excludes halogenated alkanes) is 3. The van der Waals surface area contributed by atoms with E-state index in [4.69, 9.17) is 4.42 Å². The van der Waals surface area contributed by atoms with E-state index in [-0.39, 0.29) is 16.9 Å². The summed E-state index contributed by atoms with van der Waals surface area (Å²) < 4.78 is 9.64. The van der Waals surface area contributed by atoms with Gasteiger partial charge in [-0.1, -0.05) is 26.2 Å². The van der Waals surface area contributed by atoms with Crippen LogP contribution in [0.2, 0.25) is 0 Å². The number of aromatic hydroxyl groups is 1. The second kappa shape index (κ2) is 7.11. The van der Waals surface area contributed by atoms with Crippen molar-refractivity contribution in [2.45, 2.75) is 39.0 Å². The monoisotopic (exact) mass is 304 g/mol. The Hall–Kier alpha value is -2.30. The lowest BCUT2D eigenvalue weighted by molar-refractivity contribution is 0.0596. The van der Waals surface area contributed by atoms with Crippen LogP contribution in [0.25, 0.3) is 11.0 Å². The SMILES string of the molecule is CCCCCCc1cc2cc(C(=O)OC)c(=O)oc2cc1O. The predicted octanol–water partition coefficient (Wildman–Crippen LogP) is 3.41. The molecule has 2 aromatic rings. The smallest absolute Gasteiger partial charge is 0.351 e. The highest BCUT2D eigenvalue weighted by Gasteiger charge is 2.15. The molecule has 0 radical (unpaired) electrons. The Morgan fingerprint density at radius 3 is 2.68 bits per heavy atom. The molecule has 1 aromatic heterocycles. The topological polar surface area (TPSA) is 76.7 Å². The molecule has 0 atom stereocenters. The van der Waals surface area contributed by atoms with E-state index in [1.807, 2.05) is 0 Å². The molecule has 5 nitrogen and oxygen atoms in total. The first kappa shape index (κ1) is 16.1. The predicted molar refractivity (Wildman–Crippen MR) is 83.3 cm³/mol. The molecule has 0 unspecified atom stereocenters. The quantitative estimate of drug-likeness (QED) is 0.503. The molecule has 118 valence electrons. The summed E-state index contributed by atoms with van der Waals surface area (Å²) in [6.45, 7) is 2.14. The number of hydrogen-bond acceptors (Lipinski definition) is 5. The van der Waals surface area contributed by atoms with E-state index < -0.39 is 11.6 Å². The molecule has 1 N–H and O–H groups in total. The zero-order chi connectivity index (χ0) is 16.1. The van der Waals surface area contributed by atoms with Crippen LogP contribution >= 0.6 is 0 Å². The average molecular weight is 304 g/mol. The third kappa shape index (κ3) is 3.47. The highest BCUT2D eigenvalue weighted by atomic mass is 16.5. The Labute approximate surface area is 128 Å². The third-order valence-corrected chi connectivity index (χ3v) is 3.64. The van der Waals surface area contributed by atoms with Crippen molar-refractivity contribution in [3.63, 3.8) is 0 Å². The van der Waals surface area contributed by atoms with Crippen LogP contribution in [0.1, 0.15) is 48.5 Å². The van der Waals surface area contributed by atoms with Gasteiger partial charge in [0.25, 0.3) is 0 Å². The maximum Gasteiger partial charge on any atom is 0.351 e. The molecular formula is C17H20O5. The molecule has 0 amide bonds. The lowest BCUT2D eigenvalue weighted by Crippen LogP contribution is -2.14. The number of phenolic OH excluding ortho intramolecular Hbond substituents is 1. The zero-order valence-corrected chi connectivity index (χ0v) is 12.8. The summed E-state index contributed by atoms with van der Waals surface area (Å²) in [5.41, 5.74) is 0.132. The number of fused-ring (bicyclic) bond motifs is 1. The Kier molecular flexibility index (Phi) is 5.20. The van der Waals surface area contributed by atoms with Gasteiger partial charge in [-0.25, -0.2) is 9.59 Å². The zero-order valence-electron chi connectivity index (χ0n) is 12.8. The average Bonchev–Trinajstić information content (AvgIpc) is 2.51. The van der Waals surface area contributed by atoms with Gasteiger partial charge in [-0.3, -0.25) is 0 Å². The van der Waals surface area contributed by atoms with E-state index in [9.17, 15) is 14.7 Å². The summed E-state index contributed by atoms with van der Waals surface area (Å²) in [4.78, 5) is 23.3. The second-order valence-electron chi connectivity index (χ2n) is 5.27. The maximum atomic E-state index is 11.7. The van der Waals surface area contributed by atoms with Crippen molar-refractivity contribution in [1.29, 1.82) is 0 Å². The molecule has 0 bridgehead atoms. The minimum absolute atomic E-state index is 0.109. The molecule has 0 aliphatic carbocycles. The first-order valence-electron chi connectivity index (χ1n) is 7.45. The Morgan fingerprint density at radius 2 is 2.00 bits per heavy atom. The fraction of sp³-hybridized carbons (Fsp3) is 0.412. The number of benzene rings is 1. The minimum Gasteiger partial charge on any atom is -0.508 e. The Morgan fingerprint density at radius 1 is 1.23 bits per heavy atom. The Balaban J connectivity index is 2.36. The van der Waals surface area contributed by atoms with Crippen LogP contribution in [0.15, 0.2) is 27.4 Å². The van der Waals surface area contributed by atoms with Crippen molar-refractivity contribution < 1.29 is 19.1 Å². The highest BCUT2D eigenvalue weighted by Crippen LogP contribution is 2.26. The number of hydrogen-bond donors (Lipinski definition) is 1. The molecule has 0 aliphatic rings. The van der Waals surface area contributed by atoms with Crippen molar-refractivity contribution in [3.8, 4) is 5.75 Å². The molecule has 0 spiro atoms. The number of esters is 1. The molecule has 0 saturated carbocycles. The van der Waals surface area contributed by atoms with Crippen molar-refractivity contribution in [1.82, 2.24) is 0 Å². The number of carbonyl (C=O) groups excluding carboxylic acids is 1. The first-order chi connectivity index (χ1) is 10.6. The van der Waals surface area contributed by atoms with Crippen molar-refractivity contribution in [2.24, 2.45) is 0 Å². The fourth-order valence-corrected chi connectivity index (χ4v) is 2.40. The van der Waals surface area contributed by atoms with Gasteiger partial charge in [0, 0.05) is 11.5 Å². The lowest BCUT2D eigenvalue weighted by atomic mass is 10.0. The molecule has 1 heterocycles. The van der Waals surface area contributed by atoms with Crippen LogP contribution in [0.4, 0.5) is 0 Å². The van der Waals surface area contributed by atoms with Gasteiger partial charge >= 0.3 is 11.6 Å². The van der Waals surface area contributed by atoms with E-state index in [2.05, 4.69) is 11.7 Å². The summed E-state index contributed by atoms with van der Waals surface area (Å²) in [5, 5.41) is 10.6. The van der Waals surface area contributed by atoms with Crippen molar-refractivity contribution in [2.75, 3.05) is 7.11 Å². The molecule has 22 heavy (non-hydrogen) atoms. The van der Waals surface area contributed by atoms with Crippen LogP contribution in [-0.4, -0.2) is 18.2 Å². The third-order valence-electron chi connectivity index (χ3n) is 3.64. The van der Waals surface area contributed by atoms with E-state index in [1.165, 1.54) is 19.2 Å². The molecule has 0 saturated heterocycles. The first-order valence-corrected chi connectivity index (χ1v) is 7.45. The van der Waals surface area contributed by atoms with E-state index >= 15 is 0 Å². The molecule has 5 heteroatoms. The Bertz CT molecular complexity index is 730. The van der Waals surface area contributed by atoms with Gasteiger partial charge in [0.1, 0.15) is 16.9 Å². The number of ether oxygens (including phenoxy) is 1. The van der Waals surface area contributed by atoms with Crippen LogP contribution in [0.5, 0.6) is 5.75 Å². The summed E-state index contributed by atoms with van der Waals surface area (Å²) >= 11 is 0. The van der Waals surface area contributed by atoms with Gasteiger partial charge in [-0.05, 0) is 30.5 Å². The summed E-state index contributed by atoms with van der Waals surface area (Å²) in [6, 6.07) is 4.63. The van der Waals surface area contributed by atoms with Gasteiger partial charge in [-0.2, -0.15) is 0 Å². The minimum atomic E-state index is -0.769. The lowest BCUT2D eigenvalue weighted by Gasteiger charge is -2.07. The van der Waals surface area contributed by atoms with Crippen LogP contribution in [0.3, 0.4) is 0 Å². The number of rotatable bonds is 6. The van der Waals surface area contributed by atoms with Gasteiger partial charge in [0.2, 0.25) is 0 Å². The fourth-order valence-electron chi connectivity index (χ4n) is 2.40. The van der Waals surface area contributed by atoms with Crippen LogP contribution < -0.4 is 5.63 Å². The van der Waals surface area contributed by atoms with Crippen LogP contribution in [0, 0.1) is 0 Å². The number of aryl methyl sites for hydroxylation is 1. The summed E-state index contributed by atoms with van der Waals surface area (Å²) in [5.74, 6) is -0.619. The van der Waals surface area contributed by atoms with E-state index in [0.717, 1.165) is 37.7 Å². The van der Waals surface area contributed by atoms with Gasteiger partial charge in [0.05, 0.1) is 7.11 Å². The van der Waals surface area contributed by atoms with E-state index in [0.29, 0.717) is 5.39 Å². The van der Waals surface area contributed by atoms with Crippen molar-refractivity contribution in [3.05, 3.63) is 39.7 Å². The van der Waals surface area contributed by atoms with Gasteiger partial charge in [0.15, 0.2) is 0 Å². The van der Waals surface area contributed by atoms with Gasteiger partial charge < -0.3 is 14.3 Å².